The number of anilines is 1. The number of ether oxygens (including phenoxy) is 1. The summed E-state index contributed by atoms with van der Waals surface area (Å²) in [5, 5.41) is 11.9. The van der Waals surface area contributed by atoms with E-state index in [-0.39, 0.29) is 18.6 Å². The van der Waals surface area contributed by atoms with Gasteiger partial charge >= 0.3 is 12.4 Å². The standard InChI is InChI=1S/C15H18F3N5O2S/c1-9(10-2-3-10)19-14(24)21-12-8-26-13(20-12)11-4-5-23(22-11)6-7-25-15(16,17)18/h4-5,8-10H,2-3,6-7H2,1H3,(H2,19,21,24)/t9-/m0/s1. The summed E-state index contributed by atoms with van der Waals surface area (Å²) in [6.45, 7) is 1.42. The Balaban J connectivity index is 1.51. The number of carbonyl (C=O) groups excluding carboxylic acids is 1. The smallest absolute Gasteiger partial charge is 0.335 e. The number of hydrogen-bond acceptors (Lipinski definition) is 5. The van der Waals surface area contributed by atoms with Crippen LogP contribution in [-0.2, 0) is 11.3 Å². The minimum atomic E-state index is -4.65. The number of nitrogens with zero attached hydrogens (tertiary/aromatic N) is 3. The highest BCUT2D eigenvalue weighted by Crippen LogP contribution is 2.32. The lowest BCUT2D eigenvalue weighted by atomic mass is 10.2. The number of nitrogens with one attached hydrogen (secondary N) is 2. The number of thiazole rings is 1. The zero-order chi connectivity index (χ0) is 18.7. The van der Waals surface area contributed by atoms with E-state index < -0.39 is 13.0 Å². The summed E-state index contributed by atoms with van der Waals surface area (Å²) in [4.78, 5) is 16.2. The molecule has 2 aromatic heterocycles. The highest BCUT2D eigenvalue weighted by molar-refractivity contribution is 7.13. The molecule has 11 heteroatoms. The molecule has 1 aliphatic carbocycles. The summed E-state index contributed by atoms with van der Waals surface area (Å²) in [6, 6.07) is 1.46. The second-order valence-corrected chi connectivity index (χ2v) is 6.88. The summed E-state index contributed by atoms with van der Waals surface area (Å²) >= 11 is 1.28. The molecule has 1 fully saturated rings. The molecule has 0 bridgehead atoms. The van der Waals surface area contributed by atoms with Gasteiger partial charge in [0, 0.05) is 17.6 Å². The van der Waals surface area contributed by atoms with Crippen LogP contribution in [-0.4, -0.2) is 39.8 Å². The van der Waals surface area contributed by atoms with E-state index in [0.717, 1.165) is 12.8 Å². The van der Waals surface area contributed by atoms with Gasteiger partial charge in [-0.05, 0) is 31.7 Å². The molecular weight excluding hydrogens is 371 g/mol. The number of rotatable bonds is 7. The van der Waals surface area contributed by atoms with Gasteiger partial charge in [0.2, 0.25) is 0 Å². The van der Waals surface area contributed by atoms with Crippen molar-refractivity contribution in [2.45, 2.75) is 38.7 Å². The molecule has 1 aliphatic rings. The van der Waals surface area contributed by atoms with Crippen molar-refractivity contribution in [2.24, 2.45) is 5.92 Å². The number of amides is 2. The lowest BCUT2D eigenvalue weighted by Gasteiger charge is -2.12. The van der Waals surface area contributed by atoms with E-state index >= 15 is 0 Å². The molecule has 2 N–H and O–H groups in total. The third-order valence-corrected chi connectivity index (χ3v) is 4.74. The Labute approximate surface area is 151 Å². The van der Waals surface area contributed by atoms with Gasteiger partial charge in [-0.1, -0.05) is 0 Å². The van der Waals surface area contributed by atoms with Crippen LogP contribution in [0.3, 0.4) is 0 Å². The van der Waals surface area contributed by atoms with Crippen molar-refractivity contribution >= 4 is 23.2 Å². The van der Waals surface area contributed by atoms with E-state index in [1.54, 1.807) is 17.6 Å². The van der Waals surface area contributed by atoms with Crippen molar-refractivity contribution in [2.75, 3.05) is 11.9 Å². The van der Waals surface area contributed by atoms with Gasteiger partial charge in [-0.2, -0.15) is 5.10 Å². The Morgan fingerprint density at radius 1 is 1.50 bits per heavy atom. The van der Waals surface area contributed by atoms with E-state index in [1.165, 1.54) is 16.0 Å². The zero-order valence-electron chi connectivity index (χ0n) is 13.9. The van der Waals surface area contributed by atoms with Crippen LogP contribution in [0.15, 0.2) is 17.6 Å². The first-order chi connectivity index (χ1) is 12.3. The van der Waals surface area contributed by atoms with Crippen LogP contribution >= 0.6 is 11.3 Å². The van der Waals surface area contributed by atoms with Gasteiger partial charge in [-0.15, -0.1) is 24.5 Å². The quantitative estimate of drug-likeness (QED) is 0.760. The van der Waals surface area contributed by atoms with Gasteiger partial charge in [0.15, 0.2) is 0 Å². The van der Waals surface area contributed by atoms with Gasteiger partial charge < -0.3 is 5.32 Å². The molecule has 3 rings (SSSR count). The largest absolute Gasteiger partial charge is 0.522 e. The molecule has 0 radical (unpaired) electrons. The number of halogens is 3. The first-order valence-electron chi connectivity index (χ1n) is 8.08. The van der Waals surface area contributed by atoms with Gasteiger partial charge in [-0.25, -0.2) is 9.78 Å². The first-order valence-corrected chi connectivity index (χ1v) is 8.96. The van der Waals surface area contributed by atoms with E-state index in [4.69, 9.17) is 0 Å². The number of alkyl halides is 3. The maximum Gasteiger partial charge on any atom is 0.522 e. The van der Waals surface area contributed by atoms with Gasteiger partial charge in [0.1, 0.15) is 16.5 Å². The molecule has 0 saturated heterocycles. The lowest BCUT2D eigenvalue weighted by molar-refractivity contribution is -0.325. The normalized spacial score (nSPS) is 15.7. The van der Waals surface area contributed by atoms with Crippen LogP contribution in [0.5, 0.6) is 0 Å². The molecule has 7 nitrogen and oxygen atoms in total. The summed E-state index contributed by atoms with van der Waals surface area (Å²) in [6.07, 6.45) is -0.824. The van der Waals surface area contributed by atoms with E-state index in [1.807, 2.05) is 6.92 Å². The number of aromatic nitrogens is 3. The fourth-order valence-electron chi connectivity index (χ4n) is 2.38. The Morgan fingerprint density at radius 3 is 2.96 bits per heavy atom. The van der Waals surface area contributed by atoms with Gasteiger partial charge in [0.25, 0.3) is 0 Å². The van der Waals surface area contributed by atoms with E-state index in [9.17, 15) is 18.0 Å². The van der Waals surface area contributed by atoms with Crippen molar-refractivity contribution in [1.82, 2.24) is 20.1 Å². The number of hydrogen-bond donors (Lipinski definition) is 2. The minimum absolute atomic E-state index is 0.0303. The number of carbonyl (C=O) groups is 1. The molecular formula is C15H18F3N5O2S. The van der Waals surface area contributed by atoms with Crippen molar-refractivity contribution in [3.8, 4) is 10.7 Å². The third kappa shape index (κ3) is 5.43. The maximum absolute atomic E-state index is 12.0. The summed E-state index contributed by atoms with van der Waals surface area (Å²) in [5.41, 5.74) is 0.516. The van der Waals surface area contributed by atoms with E-state index in [2.05, 4.69) is 25.5 Å². The molecule has 0 aromatic carbocycles. The summed E-state index contributed by atoms with van der Waals surface area (Å²) in [5.74, 6) is 0.956. The maximum atomic E-state index is 12.0. The molecule has 26 heavy (non-hydrogen) atoms. The van der Waals surface area contributed by atoms with Crippen LogP contribution < -0.4 is 10.6 Å². The van der Waals surface area contributed by atoms with Crippen LogP contribution in [0.1, 0.15) is 19.8 Å². The third-order valence-electron chi connectivity index (χ3n) is 3.88. The van der Waals surface area contributed by atoms with Crippen molar-refractivity contribution < 1.29 is 22.7 Å². The Kier molecular flexibility index (Phi) is 5.47. The van der Waals surface area contributed by atoms with Gasteiger partial charge in [0.05, 0.1) is 13.2 Å². The average Bonchev–Trinajstić information content (AvgIpc) is 3.13. The lowest BCUT2D eigenvalue weighted by Crippen LogP contribution is -2.37. The summed E-state index contributed by atoms with van der Waals surface area (Å²) in [7, 11) is 0. The second kappa shape index (κ2) is 7.62. The average molecular weight is 389 g/mol. The van der Waals surface area contributed by atoms with Crippen LogP contribution in [0, 0.1) is 5.92 Å². The predicted molar refractivity (Wildman–Crippen MR) is 89.7 cm³/mol. The predicted octanol–water partition coefficient (Wildman–Crippen LogP) is 3.46. The first kappa shape index (κ1) is 18.6. The minimum Gasteiger partial charge on any atom is -0.335 e. The zero-order valence-corrected chi connectivity index (χ0v) is 14.7. The van der Waals surface area contributed by atoms with E-state index in [0.29, 0.717) is 22.4 Å². The van der Waals surface area contributed by atoms with Crippen molar-refractivity contribution in [1.29, 1.82) is 0 Å². The molecule has 2 aromatic rings. The molecule has 2 amide bonds. The molecule has 0 spiro atoms. The molecule has 1 atom stereocenters. The highest BCUT2D eigenvalue weighted by atomic mass is 32.1. The monoisotopic (exact) mass is 389 g/mol. The topological polar surface area (TPSA) is 81.1 Å². The van der Waals surface area contributed by atoms with Crippen molar-refractivity contribution in [3.05, 3.63) is 17.6 Å². The molecule has 142 valence electrons. The molecule has 0 unspecified atom stereocenters. The van der Waals surface area contributed by atoms with Crippen LogP contribution in [0.4, 0.5) is 23.8 Å². The summed E-state index contributed by atoms with van der Waals surface area (Å²) < 4.78 is 41.0. The fraction of sp³-hybridized carbons (Fsp3) is 0.533. The van der Waals surface area contributed by atoms with Crippen molar-refractivity contribution in [3.63, 3.8) is 0 Å². The van der Waals surface area contributed by atoms with Gasteiger partial charge in [-0.3, -0.25) is 14.7 Å². The SMILES string of the molecule is C[C@H](NC(=O)Nc1csc(-c2ccn(CCOC(F)(F)F)n2)n1)C1CC1. The van der Waals surface area contributed by atoms with Crippen LogP contribution in [0.2, 0.25) is 0 Å². The Bertz CT molecular complexity index is 757. The molecule has 1 saturated carbocycles. The molecule has 0 aliphatic heterocycles. The fourth-order valence-corrected chi connectivity index (χ4v) is 3.09. The Hall–Kier alpha value is -2.14. The Morgan fingerprint density at radius 2 is 2.27 bits per heavy atom. The van der Waals surface area contributed by atoms with Crippen LogP contribution in [0.25, 0.3) is 10.7 Å². The number of urea groups is 1. The highest BCUT2D eigenvalue weighted by Gasteiger charge is 2.29. The molecule has 2 heterocycles. The second-order valence-electron chi connectivity index (χ2n) is 6.02.